The van der Waals surface area contributed by atoms with E-state index in [4.69, 9.17) is 0 Å². The maximum Gasteiger partial charge on any atom is 0.144 e. The van der Waals surface area contributed by atoms with Crippen molar-refractivity contribution in [2.24, 2.45) is 4.99 Å². The molecule has 1 aliphatic heterocycles. The van der Waals surface area contributed by atoms with E-state index >= 15 is 0 Å². The highest BCUT2D eigenvalue weighted by atomic mass is 15.4. The van der Waals surface area contributed by atoms with Crippen molar-refractivity contribution in [1.29, 1.82) is 0 Å². The summed E-state index contributed by atoms with van der Waals surface area (Å²) in [5.41, 5.74) is 6.03. The lowest BCUT2D eigenvalue weighted by Gasteiger charge is -2.07. The molecule has 0 atom stereocenters. The fraction of sp³-hybridized carbons (Fsp3) is 0.333. The van der Waals surface area contributed by atoms with Crippen LogP contribution in [0.5, 0.6) is 0 Å². The zero-order chi connectivity index (χ0) is 8.93. The predicted molar refractivity (Wildman–Crippen MR) is 52.5 cm³/mol. The molecule has 0 amide bonds. The summed E-state index contributed by atoms with van der Waals surface area (Å²) in [7, 11) is 0. The minimum absolute atomic E-state index is 0.817. The maximum atomic E-state index is 4.27. The molecule has 0 radical (unpaired) electrons. The van der Waals surface area contributed by atoms with Crippen molar-refractivity contribution in [2.45, 2.75) is 12.8 Å². The van der Waals surface area contributed by atoms with Gasteiger partial charge in [-0.3, -0.25) is 15.8 Å². The van der Waals surface area contributed by atoms with Crippen LogP contribution in [0.4, 0.5) is 5.82 Å². The van der Waals surface area contributed by atoms with Gasteiger partial charge in [0.1, 0.15) is 11.7 Å². The van der Waals surface area contributed by atoms with Gasteiger partial charge in [0.15, 0.2) is 0 Å². The Labute approximate surface area is 77.1 Å². The van der Waals surface area contributed by atoms with Crippen LogP contribution in [-0.4, -0.2) is 17.4 Å². The Balaban J connectivity index is 1.86. The van der Waals surface area contributed by atoms with Crippen LogP contribution in [0.1, 0.15) is 12.8 Å². The normalized spacial score (nSPS) is 15.2. The van der Waals surface area contributed by atoms with Crippen molar-refractivity contribution in [3.63, 3.8) is 0 Å². The summed E-state index contributed by atoms with van der Waals surface area (Å²) in [6.07, 6.45) is 3.92. The molecule has 0 aliphatic carbocycles. The summed E-state index contributed by atoms with van der Waals surface area (Å²) in [4.78, 5) is 8.38. The number of rotatable bonds is 2. The molecule has 0 aromatic carbocycles. The molecule has 1 aliphatic rings. The van der Waals surface area contributed by atoms with E-state index in [0.717, 1.165) is 31.0 Å². The molecule has 0 bridgehead atoms. The van der Waals surface area contributed by atoms with Crippen LogP contribution in [-0.2, 0) is 0 Å². The van der Waals surface area contributed by atoms with E-state index < -0.39 is 0 Å². The second-order valence-electron chi connectivity index (χ2n) is 2.90. The molecule has 4 heteroatoms. The zero-order valence-electron chi connectivity index (χ0n) is 7.33. The second kappa shape index (κ2) is 3.89. The van der Waals surface area contributed by atoms with E-state index in [1.54, 1.807) is 6.20 Å². The molecule has 0 saturated heterocycles. The minimum Gasteiger partial charge on any atom is -0.287 e. The van der Waals surface area contributed by atoms with Crippen molar-refractivity contribution in [3.8, 4) is 0 Å². The van der Waals surface area contributed by atoms with Gasteiger partial charge in [-0.25, -0.2) is 4.98 Å². The van der Waals surface area contributed by atoms with Crippen molar-refractivity contribution in [3.05, 3.63) is 24.4 Å². The molecule has 4 nitrogen and oxygen atoms in total. The Morgan fingerprint density at radius 1 is 1.23 bits per heavy atom. The first kappa shape index (κ1) is 8.04. The summed E-state index contributed by atoms with van der Waals surface area (Å²) in [5.74, 6) is 1.84. The number of hydrogen-bond acceptors (Lipinski definition) is 4. The largest absolute Gasteiger partial charge is 0.287 e. The fourth-order valence-corrected chi connectivity index (χ4v) is 1.21. The Kier molecular flexibility index (Phi) is 2.40. The van der Waals surface area contributed by atoms with E-state index in [2.05, 4.69) is 20.8 Å². The van der Waals surface area contributed by atoms with Crippen LogP contribution >= 0.6 is 0 Å². The SMILES string of the molecule is c1ccc(NNC2=NCCC2)nc1. The molecule has 13 heavy (non-hydrogen) atoms. The van der Waals surface area contributed by atoms with Crippen LogP contribution in [0.15, 0.2) is 29.4 Å². The van der Waals surface area contributed by atoms with Gasteiger partial charge in [-0.2, -0.15) is 0 Å². The number of aliphatic imine (C=N–C) groups is 1. The van der Waals surface area contributed by atoms with Crippen molar-refractivity contribution in [2.75, 3.05) is 12.0 Å². The van der Waals surface area contributed by atoms with Gasteiger partial charge >= 0.3 is 0 Å². The van der Waals surface area contributed by atoms with Gasteiger partial charge in [0.2, 0.25) is 0 Å². The molecule has 1 aromatic heterocycles. The topological polar surface area (TPSA) is 49.3 Å². The number of pyridine rings is 1. The first-order valence-electron chi connectivity index (χ1n) is 4.41. The monoisotopic (exact) mass is 176 g/mol. The minimum atomic E-state index is 0.817. The molecule has 0 unspecified atom stereocenters. The molecular formula is C9H12N4. The lowest BCUT2D eigenvalue weighted by molar-refractivity contribution is 0.943. The summed E-state index contributed by atoms with van der Waals surface area (Å²) < 4.78 is 0. The number of nitrogens with zero attached hydrogens (tertiary/aromatic N) is 2. The number of amidine groups is 1. The lowest BCUT2D eigenvalue weighted by Crippen LogP contribution is -2.28. The average Bonchev–Trinajstić information content (AvgIpc) is 2.69. The Hall–Kier alpha value is -1.58. The fourth-order valence-electron chi connectivity index (χ4n) is 1.21. The van der Waals surface area contributed by atoms with Crippen LogP contribution in [0.2, 0.25) is 0 Å². The summed E-state index contributed by atoms with van der Waals surface area (Å²) in [6.45, 7) is 0.937. The third kappa shape index (κ3) is 2.18. The van der Waals surface area contributed by atoms with Gasteiger partial charge < -0.3 is 0 Å². The molecule has 68 valence electrons. The van der Waals surface area contributed by atoms with Gasteiger partial charge in [0.05, 0.1) is 0 Å². The van der Waals surface area contributed by atoms with Crippen LogP contribution < -0.4 is 10.9 Å². The van der Waals surface area contributed by atoms with Gasteiger partial charge in [0.25, 0.3) is 0 Å². The van der Waals surface area contributed by atoms with Crippen LogP contribution in [0.25, 0.3) is 0 Å². The Morgan fingerprint density at radius 3 is 2.92 bits per heavy atom. The summed E-state index contributed by atoms with van der Waals surface area (Å²) in [5, 5.41) is 0. The Morgan fingerprint density at radius 2 is 2.23 bits per heavy atom. The molecule has 0 fully saturated rings. The molecule has 2 rings (SSSR count). The quantitative estimate of drug-likeness (QED) is 0.665. The second-order valence-corrected chi connectivity index (χ2v) is 2.90. The number of nitrogens with one attached hydrogen (secondary N) is 2. The summed E-state index contributed by atoms with van der Waals surface area (Å²) in [6, 6.07) is 5.73. The molecule has 2 N–H and O–H groups in total. The van der Waals surface area contributed by atoms with Gasteiger partial charge in [-0.05, 0) is 18.6 Å². The lowest BCUT2D eigenvalue weighted by atomic mass is 10.3. The molecule has 0 spiro atoms. The highest BCUT2D eigenvalue weighted by molar-refractivity contribution is 5.84. The molecular weight excluding hydrogens is 164 g/mol. The highest BCUT2D eigenvalue weighted by Gasteiger charge is 2.04. The van der Waals surface area contributed by atoms with Gasteiger partial charge in [-0.15, -0.1) is 0 Å². The van der Waals surface area contributed by atoms with Gasteiger partial charge in [0, 0.05) is 19.2 Å². The van der Waals surface area contributed by atoms with Crippen molar-refractivity contribution in [1.82, 2.24) is 10.4 Å². The standard InChI is InChI=1S/C9H12N4/c1-2-6-10-8(4-1)12-13-9-5-3-7-11-9/h1-2,4,6H,3,5,7H2,(H,10,12)(H,11,13). The summed E-state index contributed by atoms with van der Waals surface area (Å²) >= 11 is 0. The number of anilines is 1. The zero-order valence-corrected chi connectivity index (χ0v) is 7.33. The smallest absolute Gasteiger partial charge is 0.144 e. The van der Waals surface area contributed by atoms with Crippen molar-refractivity contribution >= 4 is 11.7 Å². The third-order valence-corrected chi connectivity index (χ3v) is 1.87. The van der Waals surface area contributed by atoms with Crippen LogP contribution in [0, 0.1) is 0 Å². The van der Waals surface area contributed by atoms with E-state index in [1.165, 1.54) is 0 Å². The van der Waals surface area contributed by atoms with Crippen LogP contribution in [0.3, 0.4) is 0 Å². The first-order valence-corrected chi connectivity index (χ1v) is 4.41. The van der Waals surface area contributed by atoms with E-state index in [1.807, 2.05) is 18.2 Å². The Bertz CT molecular complexity index is 294. The molecule has 2 heterocycles. The maximum absolute atomic E-state index is 4.27. The van der Waals surface area contributed by atoms with Gasteiger partial charge in [-0.1, -0.05) is 6.07 Å². The van der Waals surface area contributed by atoms with E-state index in [-0.39, 0.29) is 0 Å². The third-order valence-electron chi connectivity index (χ3n) is 1.87. The van der Waals surface area contributed by atoms with Crippen molar-refractivity contribution < 1.29 is 0 Å². The molecule has 0 saturated carbocycles. The number of aromatic nitrogens is 1. The highest BCUT2D eigenvalue weighted by Crippen LogP contribution is 2.02. The molecule has 1 aromatic rings. The first-order chi connectivity index (χ1) is 6.45. The van der Waals surface area contributed by atoms with E-state index in [9.17, 15) is 0 Å². The predicted octanol–water partition coefficient (Wildman–Crippen LogP) is 1.19. The van der Waals surface area contributed by atoms with E-state index in [0.29, 0.717) is 0 Å². The average molecular weight is 176 g/mol. The number of hydrogen-bond donors (Lipinski definition) is 2. The number of hydrazine groups is 1.